The van der Waals surface area contributed by atoms with Crippen LogP contribution in [0.15, 0.2) is 113 Å². The number of carbonyl (C=O) groups excluding carboxylic acids is 1. The molecule has 0 saturated heterocycles. The van der Waals surface area contributed by atoms with Crippen LogP contribution in [0.25, 0.3) is 33.5 Å². The Hall–Kier alpha value is -6.71. The molecule has 0 spiro atoms. The van der Waals surface area contributed by atoms with Crippen molar-refractivity contribution in [1.29, 1.82) is 0 Å². The fourth-order valence-electron chi connectivity index (χ4n) is 7.02. The van der Waals surface area contributed by atoms with Gasteiger partial charge in [0.1, 0.15) is 39.6 Å². The number of methoxy groups -OCH3 is 3. The van der Waals surface area contributed by atoms with Gasteiger partial charge in [-0.25, -0.2) is 22.4 Å². The average molecular weight is 925 g/mol. The highest BCUT2D eigenvalue weighted by Crippen LogP contribution is 2.42. The van der Waals surface area contributed by atoms with Crippen molar-refractivity contribution in [2.75, 3.05) is 27.9 Å². The molecule has 0 aliphatic carbocycles. The van der Waals surface area contributed by atoms with Crippen molar-refractivity contribution >= 4 is 38.2 Å². The van der Waals surface area contributed by atoms with Crippen molar-refractivity contribution in [3.8, 4) is 39.8 Å². The van der Waals surface area contributed by atoms with Gasteiger partial charge in [0.05, 0.1) is 56.0 Å². The molecule has 340 valence electrons. The van der Waals surface area contributed by atoms with Crippen LogP contribution in [0.4, 0.5) is 4.79 Å². The molecule has 0 saturated carbocycles. The van der Waals surface area contributed by atoms with Crippen LogP contribution in [0.1, 0.15) is 49.3 Å². The fourth-order valence-corrected chi connectivity index (χ4v) is 9.67. The number of hydrogen-bond acceptors (Lipinski definition) is 13. The van der Waals surface area contributed by atoms with Crippen molar-refractivity contribution in [2.45, 2.75) is 61.8 Å². The van der Waals surface area contributed by atoms with Crippen molar-refractivity contribution in [1.82, 2.24) is 39.8 Å². The van der Waals surface area contributed by atoms with Crippen LogP contribution in [-0.2, 0) is 45.5 Å². The lowest BCUT2D eigenvalue weighted by Crippen LogP contribution is -2.36. The minimum atomic E-state index is -4.80. The number of alkyl carbamates (subject to hydrolysis) is 1. The van der Waals surface area contributed by atoms with Gasteiger partial charge in [-0.05, 0) is 96.8 Å². The third-order valence-corrected chi connectivity index (χ3v) is 12.9. The number of hydrogen-bond donors (Lipinski definition) is 4. The maximum atomic E-state index is 15.7. The average Bonchev–Trinajstić information content (AvgIpc) is 3.95. The number of fused-ring (bicyclic) bond motifs is 1. The molecule has 1 unspecified atom stereocenters. The number of benzene rings is 5. The number of nitrogens with zero attached hydrogens (tertiary/aromatic N) is 6. The van der Waals surface area contributed by atoms with E-state index >= 15 is 8.42 Å². The molecule has 2 atom stereocenters. The van der Waals surface area contributed by atoms with E-state index in [0.29, 0.717) is 45.0 Å². The summed E-state index contributed by atoms with van der Waals surface area (Å²) < 4.78 is 78.3. The van der Waals surface area contributed by atoms with Crippen molar-refractivity contribution in [3.63, 3.8) is 0 Å². The maximum Gasteiger partial charge on any atom is 0.408 e. The number of rotatable bonds is 17. The third kappa shape index (κ3) is 10.6. The Morgan fingerprint density at radius 2 is 1.40 bits per heavy atom. The van der Waals surface area contributed by atoms with Gasteiger partial charge >= 0.3 is 6.09 Å². The minimum absolute atomic E-state index is 0.122. The second-order valence-electron chi connectivity index (χ2n) is 15.7. The predicted molar refractivity (Wildman–Crippen MR) is 241 cm³/mol. The van der Waals surface area contributed by atoms with Crippen molar-refractivity contribution in [2.24, 2.45) is 0 Å². The van der Waals surface area contributed by atoms with E-state index in [1.165, 1.54) is 35.5 Å². The summed E-state index contributed by atoms with van der Waals surface area (Å²) in [5, 5.41) is 26.4. The number of imidazole rings is 1. The van der Waals surface area contributed by atoms with Gasteiger partial charge in [0.2, 0.25) is 15.8 Å². The van der Waals surface area contributed by atoms with E-state index in [2.05, 4.69) is 25.7 Å². The molecule has 18 nitrogen and oxygen atoms in total. The van der Waals surface area contributed by atoms with E-state index in [9.17, 15) is 18.7 Å². The highest BCUT2D eigenvalue weighted by atomic mass is 32.2. The summed E-state index contributed by atoms with van der Waals surface area (Å²) >= 11 is -2.86. The Morgan fingerprint density at radius 1 is 0.831 bits per heavy atom. The number of tetrazole rings is 1. The Kier molecular flexibility index (Phi) is 13.9. The van der Waals surface area contributed by atoms with Gasteiger partial charge in [-0.1, -0.05) is 54.6 Å². The fraction of sp³-hybridized carbons (Fsp3) is 0.267. The number of amides is 1. The van der Waals surface area contributed by atoms with E-state index < -0.39 is 55.2 Å². The smallest absolute Gasteiger partial charge is 0.408 e. The second kappa shape index (κ2) is 19.6. The largest absolute Gasteiger partial charge is 0.497 e. The normalized spacial score (nSPS) is 12.8. The number of nitrogens with one attached hydrogen (secondary N) is 2. The number of ether oxygens (including phenoxy) is 4. The second-order valence-corrected chi connectivity index (χ2v) is 18.5. The summed E-state index contributed by atoms with van der Waals surface area (Å²) in [4.78, 5) is 21.1. The zero-order valence-corrected chi connectivity index (χ0v) is 38.0. The number of para-hydroxylation sites is 1. The quantitative estimate of drug-likeness (QED) is 0.0716. The Labute approximate surface area is 377 Å². The molecule has 7 aromatic rings. The van der Waals surface area contributed by atoms with Gasteiger partial charge in [-0.15, -0.1) is 10.2 Å². The first-order valence-corrected chi connectivity index (χ1v) is 22.7. The van der Waals surface area contributed by atoms with E-state index in [1.54, 1.807) is 107 Å². The van der Waals surface area contributed by atoms with E-state index in [0.717, 1.165) is 5.56 Å². The molecular weight excluding hydrogens is 877 g/mol. The van der Waals surface area contributed by atoms with Crippen LogP contribution in [0.3, 0.4) is 0 Å². The van der Waals surface area contributed by atoms with Crippen LogP contribution in [-0.4, -0.2) is 96.4 Å². The van der Waals surface area contributed by atoms with E-state index in [1.807, 2.05) is 12.1 Å². The Balaban J connectivity index is 1.44. The summed E-state index contributed by atoms with van der Waals surface area (Å²) in [6.45, 7) is 4.39. The molecule has 1 amide bonds. The number of aromatic amines is 1. The molecule has 0 aliphatic rings. The lowest BCUT2D eigenvalue weighted by atomic mass is 9.98. The molecule has 20 heteroatoms. The van der Waals surface area contributed by atoms with Gasteiger partial charge in [0.15, 0.2) is 11.1 Å². The summed E-state index contributed by atoms with van der Waals surface area (Å²) in [5.41, 5.74) is 2.41. The molecule has 5 aromatic carbocycles. The number of aromatic nitrogens is 6. The van der Waals surface area contributed by atoms with Gasteiger partial charge in [0, 0.05) is 18.7 Å². The zero-order chi connectivity index (χ0) is 46.5. The van der Waals surface area contributed by atoms with Crippen LogP contribution in [0.5, 0.6) is 17.2 Å². The molecular formula is C45H48N8O10S2. The lowest BCUT2D eigenvalue weighted by molar-refractivity contribution is 0.0478. The first-order chi connectivity index (χ1) is 31.1. The number of aliphatic hydroxyl groups excluding tert-OH is 1. The molecule has 7 rings (SSSR count). The molecule has 0 aliphatic heterocycles. The summed E-state index contributed by atoms with van der Waals surface area (Å²) in [6.07, 6.45) is -0.778. The summed E-state index contributed by atoms with van der Waals surface area (Å²) in [7, 11) is -0.192. The number of aliphatic hydroxyl groups is 1. The Bertz CT molecular complexity index is 2870. The van der Waals surface area contributed by atoms with E-state index in [4.69, 9.17) is 23.9 Å². The SMILES string of the molecule is COc1ccc(CN(Cc2ccc(OC)cc2)S(=O)(=O)c2c(S(=O)O)ccc(-c3cccc4[nH]c([C@@H](CO)NC(=O)OC(C)(C)C)nc34)c2-c2nnn(Cc3ccc(OC)cc3)n2)cc1. The molecule has 0 radical (unpaired) electrons. The van der Waals surface area contributed by atoms with Gasteiger partial charge < -0.3 is 38.9 Å². The maximum absolute atomic E-state index is 15.7. The van der Waals surface area contributed by atoms with E-state index in [-0.39, 0.29) is 42.4 Å². The highest BCUT2D eigenvalue weighted by molar-refractivity contribution is 7.90. The number of sulfonamides is 1. The monoisotopic (exact) mass is 924 g/mol. The summed E-state index contributed by atoms with van der Waals surface area (Å²) in [5.74, 6) is 1.79. The topological polar surface area (TPSA) is 233 Å². The van der Waals surface area contributed by atoms with Gasteiger partial charge in [-0.2, -0.15) is 9.10 Å². The molecule has 4 N–H and O–H groups in total. The minimum Gasteiger partial charge on any atom is -0.497 e. The van der Waals surface area contributed by atoms with Crippen LogP contribution < -0.4 is 19.5 Å². The third-order valence-electron chi connectivity index (χ3n) is 10.1. The zero-order valence-electron chi connectivity index (χ0n) is 36.4. The van der Waals surface area contributed by atoms with Crippen LogP contribution in [0, 0.1) is 0 Å². The van der Waals surface area contributed by atoms with Gasteiger partial charge in [-0.3, -0.25) is 0 Å². The summed E-state index contributed by atoms with van der Waals surface area (Å²) in [6, 6.07) is 27.9. The highest BCUT2D eigenvalue weighted by Gasteiger charge is 2.36. The van der Waals surface area contributed by atoms with Crippen LogP contribution >= 0.6 is 0 Å². The molecule has 2 heterocycles. The first kappa shape index (κ1) is 46.3. The number of H-pyrrole nitrogens is 1. The van der Waals surface area contributed by atoms with Gasteiger partial charge in [0.25, 0.3) is 0 Å². The molecule has 0 fully saturated rings. The van der Waals surface area contributed by atoms with Crippen molar-refractivity contribution < 1.29 is 46.0 Å². The van der Waals surface area contributed by atoms with Crippen molar-refractivity contribution in [3.05, 3.63) is 126 Å². The first-order valence-electron chi connectivity index (χ1n) is 20.1. The van der Waals surface area contributed by atoms with Crippen LogP contribution in [0.2, 0.25) is 0 Å². The number of carbonyl (C=O) groups is 1. The Morgan fingerprint density at radius 3 is 1.92 bits per heavy atom. The predicted octanol–water partition coefficient (Wildman–Crippen LogP) is 6.49. The standard InChI is InChI=1S/C45H48N8O10S2/c1-45(2,3)63-44(55)47-37(27-54)42-46-36-9-7-8-35(40(36)48-42)34-22-23-38(64(56)57)41(39(34)43-49-51-53(50-43)26-30-14-20-33(62-6)21-15-30)65(58,59)52(24-28-10-16-31(60-4)17-11-28)25-29-12-18-32(61-5)19-13-29/h7-23,37,54H,24-27H2,1-6H3,(H,46,48)(H,47,55)(H,56,57)/t37-/m1/s1. The molecule has 65 heavy (non-hydrogen) atoms. The molecule has 0 bridgehead atoms. The lowest BCUT2D eigenvalue weighted by Gasteiger charge is -2.25. The molecule has 2 aromatic heterocycles.